The third-order valence-electron chi connectivity index (χ3n) is 3.87. The summed E-state index contributed by atoms with van der Waals surface area (Å²) in [6, 6.07) is 17.6. The minimum Gasteiger partial charge on any atom is -0.481 e. The SMILES string of the molecule is CC(O)N(C)C.CCC(C(=O)O)c1ccccc1-c1ccccc1. The molecule has 0 radical (unpaired) electrons. The second-order valence-corrected chi connectivity index (χ2v) is 5.85. The van der Waals surface area contributed by atoms with Gasteiger partial charge in [0, 0.05) is 0 Å². The number of aliphatic carboxylic acids is 1. The number of hydrogen-bond acceptors (Lipinski definition) is 3. The van der Waals surface area contributed by atoms with Gasteiger partial charge in [0.05, 0.1) is 5.92 Å². The smallest absolute Gasteiger partial charge is 0.310 e. The molecule has 0 aliphatic heterocycles. The third-order valence-corrected chi connectivity index (χ3v) is 3.87. The summed E-state index contributed by atoms with van der Waals surface area (Å²) in [7, 11) is 3.65. The quantitative estimate of drug-likeness (QED) is 0.819. The normalized spacial score (nSPS) is 12.9. The number of carboxylic acids is 1. The molecule has 0 aliphatic rings. The second kappa shape index (κ2) is 9.85. The first-order valence-corrected chi connectivity index (χ1v) is 8.10. The van der Waals surface area contributed by atoms with E-state index in [4.69, 9.17) is 5.11 Å². The fourth-order valence-corrected chi connectivity index (χ4v) is 2.21. The van der Waals surface area contributed by atoms with Crippen LogP contribution < -0.4 is 0 Å². The van der Waals surface area contributed by atoms with Gasteiger partial charge in [0.2, 0.25) is 0 Å². The highest BCUT2D eigenvalue weighted by atomic mass is 16.4. The molecule has 2 aromatic rings. The van der Waals surface area contributed by atoms with Crippen LogP contribution >= 0.6 is 0 Å². The number of aliphatic hydroxyl groups excluding tert-OH is 1. The standard InChI is InChI=1S/C16H16O2.C4H11NO/c1-2-13(16(17)18)15-11-7-6-10-14(15)12-8-4-3-5-9-12;1-4(6)5(2)3/h3-11,13H,2H2,1H3,(H,17,18);4,6H,1-3H3. The first-order valence-electron chi connectivity index (χ1n) is 8.10. The van der Waals surface area contributed by atoms with Crippen molar-refractivity contribution in [1.29, 1.82) is 0 Å². The number of hydrogen-bond donors (Lipinski definition) is 2. The van der Waals surface area contributed by atoms with E-state index in [9.17, 15) is 9.90 Å². The molecule has 2 rings (SSSR count). The zero-order valence-corrected chi connectivity index (χ0v) is 14.8. The molecule has 130 valence electrons. The summed E-state index contributed by atoms with van der Waals surface area (Å²) >= 11 is 0. The molecule has 0 heterocycles. The van der Waals surface area contributed by atoms with E-state index in [0.717, 1.165) is 16.7 Å². The summed E-state index contributed by atoms with van der Waals surface area (Å²) in [5.41, 5.74) is 2.96. The molecule has 2 N–H and O–H groups in total. The van der Waals surface area contributed by atoms with Gasteiger partial charge >= 0.3 is 5.97 Å². The summed E-state index contributed by atoms with van der Waals surface area (Å²) in [5, 5.41) is 17.9. The van der Waals surface area contributed by atoms with Crippen LogP contribution in [0.1, 0.15) is 31.7 Å². The molecular formula is C20H27NO3. The van der Waals surface area contributed by atoms with Gasteiger partial charge in [-0.25, -0.2) is 0 Å². The third kappa shape index (κ3) is 5.80. The lowest BCUT2D eigenvalue weighted by molar-refractivity contribution is -0.138. The van der Waals surface area contributed by atoms with E-state index in [0.29, 0.717) is 6.42 Å². The lowest BCUT2D eigenvalue weighted by Crippen LogP contribution is -2.23. The van der Waals surface area contributed by atoms with E-state index in [-0.39, 0.29) is 6.23 Å². The highest BCUT2D eigenvalue weighted by Gasteiger charge is 2.20. The molecule has 2 unspecified atom stereocenters. The Morgan fingerprint density at radius 3 is 2.00 bits per heavy atom. The van der Waals surface area contributed by atoms with Crippen LogP contribution in [-0.4, -0.2) is 41.4 Å². The molecule has 24 heavy (non-hydrogen) atoms. The average Bonchev–Trinajstić information content (AvgIpc) is 2.57. The van der Waals surface area contributed by atoms with Crippen LogP contribution in [0.15, 0.2) is 54.6 Å². The maximum Gasteiger partial charge on any atom is 0.310 e. The zero-order valence-electron chi connectivity index (χ0n) is 14.8. The summed E-state index contributed by atoms with van der Waals surface area (Å²) in [5.74, 6) is -1.21. The summed E-state index contributed by atoms with van der Waals surface area (Å²) < 4.78 is 0. The van der Waals surface area contributed by atoms with Crippen LogP contribution in [0.2, 0.25) is 0 Å². The highest BCUT2D eigenvalue weighted by molar-refractivity contribution is 5.81. The number of rotatable bonds is 5. The van der Waals surface area contributed by atoms with Crippen LogP contribution in [0.3, 0.4) is 0 Å². The molecular weight excluding hydrogens is 302 g/mol. The van der Waals surface area contributed by atoms with Crippen LogP contribution in [0.4, 0.5) is 0 Å². The Bertz CT molecular complexity index is 618. The van der Waals surface area contributed by atoms with Gasteiger partial charge in [0.1, 0.15) is 6.23 Å². The number of aliphatic hydroxyl groups is 1. The maximum absolute atomic E-state index is 11.3. The molecule has 0 bridgehead atoms. The molecule has 0 aromatic heterocycles. The van der Waals surface area contributed by atoms with Crippen molar-refractivity contribution in [2.45, 2.75) is 32.4 Å². The van der Waals surface area contributed by atoms with E-state index >= 15 is 0 Å². The lowest BCUT2D eigenvalue weighted by Gasteiger charge is -2.15. The molecule has 4 heteroatoms. The fourth-order valence-electron chi connectivity index (χ4n) is 2.21. The van der Waals surface area contributed by atoms with Crippen molar-refractivity contribution in [2.24, 2.45) is 0 Å². The molecule has 0 aliphatic carbocycles. The summed E-state index contributed by atoms with van der Waals surface area (Å²) in [6.07, 6.45) is 0.282. The summed E-state index contributed by atoms with van der Waals surface area (Å²) in [6.45, 7) is 3.63. The van der Waals surface area contributed by atoms with Crippen molar-refractivity contribution in [3.63, 3.8) is 0 Å². The molecule has 4 nitrogen and oxygen atoms in total. The van der Waals surface area contributed by atoms with Crippen molar-refractivity contribution in [1.82, 2.24) is 4.90 Å². The summed E-state index contributed by atoms with van der Waals surface area (Å²) in [4.78, 5) is 13.0. The predicted molar refractivity (Wildman–Crippen MR) is 97.9 cm³/mol. The van der Waals surface area contributed by atoms with Gasteiger partial charge in [0.25, 0.3) is 0 Å². The lowest BCUT2D eigenvalue weighted by atomic mass is 9.89. The number of benzene rings is 2. The molecule has 2 atom stereocenters. The van der Waals surface area contributed by atoms with Crippen molar-refractivity contribution < 1.29 is 15.0 Å². The number of nitrogens with zero attached hydrogens (tertiary/aromatic N) is 1. The number of carbonyl (C=O) groups is 1. The first-order chi connectivity index (χ1) is 11.4. The number of carboxylic acid groups (broad SMARTS) is 1. The van der Waals surface area contributed by atoms with Gasteiger partial charge < -0.3 is 10.2 Å². The van der Waals surface area contributed by atoms with E-state index < -0.39 is 11.9 Å². The van der Waals surface area contributed by atoms with Crippen molar-refractivity contribution >= 4 is 5.97 Å². The Morgan fingerprint density at radius 1 is 1.04 bits per heavy atom. The Hall–Kier alpha value is -2.17. The second-order valence-electron chi connectivity index (χ2n) is 5.85. The van der Waals surface area contributed by atoms with Gasteiger partial charge in [-0.05, 0) is 44.1 Å². The van der Waals surface area contributed by atoms with Gasteiger partial charge in [-0.2, -0.15) is 0 Å². The molecule has 0 saturated carbocycles. The highest BCUT2D eigenvalue weighted by Crippen LogP contribution is 2.31. The Balaban J connectivity index is 0.000000413. The van der Waals surface area contributed by atoms with Crippen molar-refractivity contribution in [3.05, 3.63) is 60.2 Å². The predicted octanol–water partition coefficient (Wildman–Crippen LogP) is 3.82. The van der Waals surface area contributed by atoms with Gasteiger partial charge in [-0.3, -0.25) is 9.69 Å². The molecule has 2 aromatic carbocycles. The first kappa shape index (κ1) is 19.9. The molecule has 0 amide bonds. The Kier molecular flexibility index (Phi) is 8.16. The van der Waals surface area contributed by atoms with Crippen LogP contribution in [0.25, 0.3) is 11.1 Å². The van der Waals surface area contributed by atoms with E-state index in [1.54, 1.807) is 11.8 Å². The zero-order chi connectivity index (χ0) is 18.1. The van der Waals surface area contributed by atoms with E-state index in [2.05, 4.69) is 0 Å². The molecule has 0 fully saturated rings. The minimum absolute atomic E-state index is 0.315. The Morgan fingerprint density at radius 2 is 1.54 bits per heavy atom. The van der Waals surface area contributed by atoms with Crippen molar-refractivity contribution in [2.75, 3.05) is 14.1 Å². The Labute approximate surface area is 144 Å². The van der Waals surface area contributed by atoms with Gasteiger partial charge in [0.15, 0.2) is 0 Å². The van der Waals surface area contributed by atoms with E-state index in [1.807, 2.05) is 75.6 Å². The minimum atomic E-state index is -0.763. The van der Waals surface area contributed by atoms with Crippen molar-refractivity contribution in [3.8, 4) is 11.1 Å². The monoisotopic (exact) mass is 329 g/mol. The average molecular weight is 329 g/mol. The van der Waals surface area contributed by atoms with Crippen LogP contribution in [0.5, 0.6) is 0 Å². The molecule has 0 spiro atoms. The van der Waals surface area contributed by atoms with Crippen LogP contribution in [0, 0.1) is 0 Å². The largest absolute Gasteiger partial charge is 0.481 e. The topological polar surface area (TPSA) is 60.8 Å². The van der Waals surface area contributed by atoms with Gasteiger partial charge in [-0.1, -0.05) is 61.5 Å². The fraction of sp³-hybridized carbons (Fsp3) is 0.350. The van der Waals surface area contributed by atoms with Gasteiger partial charge in [-0.15, -0.1) is 0 Å². The van der Waals surface area contributed by atoms with E-state index in [1.165, 1.54) is 0 Å². The molecule has 0 saturated heterocycles. The van der Waals surface area contributed by atoms with Crippen LogP contribution in [-0.2, 0) is 4.79 Å². The maximum atomic E-state index is 11.3.